The second kappa shape index (κ2) is 9.19. The van der Waals surface area contributed by atoms with Gasteiger partial charge >= 0.3 is 0 Å². The van der Waals surface area contributed by atoms with E-state index in [0.29, 0.717) is 16.1 Å². The summed E-state index contributed by atoms with van der Waals surface area (Å²) in [6, 6.07) is 13.2. The highest BCUT2D eigenvalue weighted by atomic mass is 79.9. The maximum atomic E-state index is 12.5. The van der Waals surface area contributed by atoms with Crippen molar-refractivity contribution in [1.29, 1.82) is 0 Å². The first-order valence-electron chi connectivity index (χ1n) is 9.16. The SMILES string of the molecule is O=C(CSc1nnc(-c2ccccc2Br)o1)Nc1cccc(Cl)c1N1CCCC1. The Balaban J connectivity index is 1.40. The largest absolute Gasteiger partial charge is 0.411 e. The molecule has 1 N–H and O–H groups in total. The minimum Gasteiger partial charge on any atom is -0.411 e. The van der Waals surface area contributed by atoms with Crippen molar-refractivity contribution in [2.75, 3.05) is 29.1 Å². The molecule has 1 aromatic heterocycles. The maximum Gasteiger partial charge on any atom is 0.277 e. The van der Waals surface area contributed by atoms with Crippen LogP contribution < -0.4 is 10.2 Å². The van der Waals surface area contributed by atoms with Crippen LogP contribution in [0.25, 0.3) is 11.5 Å². The molecule has 0 bridgehead atoms. The lowest BCUT2D eigenvalue weighted by Gasteiger charge is -2.22. The summed E-state index contributed by atoms with van der Waals surface area (Å²) < 4.78 is 6.55. The zero-order valence-electron chi connectivity index (χ0n) is 15.4. The average Bonchev–Trinajstić information content (AvgIpc) is 3.39. The monoisotopic (exact) mass is 492 g/mol. The average molecular weight is 494 g/mol. The van der Waals surface area contributed by atoms with Gasteiger partial charge in [0.1, 0.15) is 0 Å². The summed E-state index contributed by atoms with van der Waals surface area (Å²) in [5, 5.41) is 12.0. The third kappa shape index (κ3) is 4.76. The molecule has 0 radical (unpaired) electrons. The summed E-state index contributed by atoms with van der Waals surface area (Å²) in [5.74, 6) is 0.411. The van der Waals surface area contributed by atoms with E-state index in [2.05, 4.69) is 36.3 Å². The van der Waals surface area contributed by atoms with Crippen molar-refractivity contribution in [3.05, 3.63) is 52.0 Å². The van der Waals surface area contributed by atoms with Crippen molar-refractivity contribution in [1.82, 2.24) is 10.2 Å². The van der Waals surface area contributed by atoms with Gasteiger partial charge in [0.15, 0.2) is 0 Å². The fraction of sp³-hybridized carbons (Fsp3) is 0.250. The summed E-state index contributed by atoms with van der Waals surface area (Å²) >= 11 is 11.1. The molecule has 29 heavy (non-hydrogen) atoms. The second-order valence-corrected chi connectivity index (χ2v) is 8.71. The third-order valence-electron chi connectivity index (χ3n) is 4.52. The number of halogens is 2. The standard InChI is InChI=1S/C20H18BrClN4O2S/c21-14-7-2-1-6-13(14)19-24-25-20(28-19)29-12-17(27)23-16-9-5-8-15(22)18(16)26-10-3-4-11-26/h1-2,5-9H,3-4,10-12H2,(H,23,27). The fourth-order valence-corrected chi connectivity index (χ4v) is 4.52. The van der Waals surface area contributed by atoms with Crippen molar-refractivity contribution >= 4 is 56.6 Å². The Morgan fingerprint density at radius 3 is 2.76 bits per heavy atom. The van der Waals surface area contributed by atoms with Crippen molar-refractivity contribution < 1.29 is 9.21 Å². The molecule has 2 aromatic carbocycles. The van der Waals surface area contributed by atoms with Gasteiger partial charge in [-0.1, -0.05) is 41.6 Å². The van der Waals surface area contributed by atoms with Crippen molar-refractivity contribution in [3.8, 4) is 11.5 Å². The highest BCUT2D eigenvalue weighted by molar-refractivity contribution is 9.10. The Bertz CT molecular complexity index is 1020. The smallest absolute Gasteiger partial charge is 0.277 e. The number of benzene rings is 2. The van der Waals surface area contributed by atoms with Crippen LogP contribution in [0.3, 0.4) is 0 Å². The summed E-state index contributed by atoms with van der Waals surface area (Å²) in [6.07, 6.45) is 2.26. The zero-order chi connectivity index (χ0) is 20.2. The number of hydrogen-bond acceptors (Lipinski definition) is 6. The minimum absolute atomic E-state index is 0.154. The van der Waals surface area contributed by atoms with Crippen molar-refractivity contribution in [2.45, 2.75) is 18.1 Å². The predicted octanol–water partition coefficient (Wildman–Crippen LogP) is 5.48. The van der Waals surface area contributed by atoms with E-state index in [9.17, 15) is 4.79 Å². The Kier molecular flexibility index (Phi) is 6.42. The van der Waals surface area contributed by atoms with Gasteiger partial charge in [-0.15, -0.1) is 10.2 Å². The Hall–Kier alpha value is -2.03. The first kappa shape index (κ1) is 20.3. The molecule has 0 unspecified atom stereocenters. The molecule has 0 saturated carbocycles. The molecule has 1 aliphatic heterocycles. The topological polar surface area (TPSA) is 71.3 Å². The number of thioether (sulfide) groups is 1. The number of amides is 1. The number of nitrogens with zero attached hydrogens (tertiary/aromatic N) is 3. The van der Waals surface area contributed by atoms with Gasteiger partial charge in [0, 0.05) is 17.6 Å². The number of nitrogens with one attached hydrogen (secondary N) is 1. The van der Waals surface area contributed by atoms with Crippen LogP contribution in [-0.2, 0) is 4.79 Å². The van der Waals surface area contributed by atoms with Crippen LogP contribution >= 0.6 is 39.3 Å². The molecule has 0 aliphatic carbocycles. The van der Waals surface area contributed by atoms with E-state index in [1.54, 1.807) is 0 Å². The van der Waals surface area contributed by atoms with Crippen LogP contribution in [0.2, 0.25) is 5.02 Å². The molecule has 150 valence electrons. The Morgan fingerprint density at radius 2 is 1.97 bits per heavy atom. The van der Waals surface area contributed by atoms with E-state index < -0.39 is 0 Å². The summed E-state index contributed by atoms with van der Waals surface area (Å²) in [5.41, 5.74) is 2.42. The third-order valence-corrected chi connectivity index (χ3v) is 6.34. The maximum absolute atomic E-state index is 12.5. The van der Waals surface area contributed by atoms with Gasteiger partial charge in [0.05, 0.1) is 27.7 Å². The van der Waals surface area contributed by atoms with Crippen LogP contribution in [0.1, 0.15) is 12.8 Å². The van der Waals surface area contributed by atoms with Crippen molar-refractivity contribution in [3.63, 3.8) is 0 Å². The normalized spacial score (nSPS) is 13.7. The Labute approximate surface area is 186 Å². The van der Waals surface area contributed by atoms with Gasteiger partial charge in [-0.3, -0.25) is 4.79 Å². The van der Waals surface area contributed by atoms with E-state index >= 15 is 0 Å². The lowest BCUT2D eigenvalue weighted by Crippen LogP contribution is -2.22. The first-order valence-corrected chi connectivity index (χ1v) is 11.3. The van der Waals surface area contributed by atoms with Gasteiger partial charge in [0.2, 0.25) is 11.8 Å². The molecular formula is C20H18BrClN4O2S. The lowest BCUT2D eigenvalue weighted by atomic mass is 10.2. The molecule has 2 heterocycles. The number of carbonyl (C=O) groups is 1. The number of aromatic nitrogens is 2. The van der Waals surface area contributed by atoms with Gasteiger partial charge in [-0.05, 0) is 53.0 Å². The number of hydrogen-bond donors (Lipinski definition) is 1. The summed E-state index contributed by atoms with van der Waals surface area (Å²) in [4.78, 5) is 14.7. The molecule has 0 spiro atoms. The van der Waals surface area contributed by atoms with Crippen molar-refractivity contribution in [2.24, 2.45) is 0 Å². The molecule has 0 atom stereocenters. The minimum atomic E-state index is -0.154. The molecule has 1 fully saturated rings. The molecule has 4 rings (SSSR count). The molecule has 1 aliphatic rings. The number of anilines is 2. The van der Waals surface area contributed by atoms with Gasteiger partial charge in [-0.2, -0.15) is 0 Å². The summed E-state index contributed by atoms with van der Waals surface area (Å²) in [6.45, 7) is 1.89. The van der Waals surface area contributed by atoms with E-state index in [1.165, 1.54) is 11.8 Å². The van der Waals surface area contributed by atoms with Crippen LogP contribution in [0, 0.1) is 0 Å². The van der Waals surface area contributed by atoms with E-state index in [4.69, 9.17) is 16.0 Å². The molecule has 9 heteroatoms. The first-order chi connectivity index (χ1) is 14.1. The van der Waals surface area contributed by atoms with E-state index in [-0.39, 0.29) is 11.7 Å². The summed E-state index contributed by atoms with van der Waals surface area (Å²) in [7, 11) is 0. The zero-order valence-corrected chi connectivity index (χ0v) is 18.6. The van der Waals surface area contributed by atoms with Gasteiger partial charge < -0.3 is 14.6 Å². The molecule has 1 saturated heterocycles. The lowest BCUT2D eigenvalue weighted by molar-refractivity contribution is -0.113. The van der Waals surface area contributed by atoms with Crippen LogP contribution in [0.5, 0.6) is 0 Å². The Morgan fingerprint density at radius 1 is 1.17 bits per heavy atom. The van der Waals surface area contributed by atoms with Crippen LogP contribution in [-0.4, -0.2) is 34.9 Å². The van der Waals surface area contributed by atoms with E-state index in [0.717, 1.165) is 47.3 Å². The van der Waals surface area contributed by atoms with Gasteiger partial charge in [-0.25, -0.2) is 0 Å². The molecular weight excluding hydrogens is 476 g/mol. The molecule has 6 nitrogen and oxygen atoms in total. The number of para-hydroxylation sites is 1. The predicted molar refractivity (Wildman–Crippen MR) is 120 cm³/mol. The number of rotatable bonds is 6. The van der Waals surface area contributed by atoms with Crippen LogP contribution in [0.4, 0.5) is 11.4 Å². The highest BCUT2D eigenvalue weighted by Crippen LogP contribution is 2.36. The molecule has 3 aromatic rings. The quantitative estimate of drug-likeness (QED) is 0.458. The fourth-order valence-electron chi connectivity index (χ4n) is 3.20. The molecule has 1 amide bonds. The second-order valence-electron chi connectivity index (χ2n) is 6.52. The highest BCUT2D eigenvalue weighted by Gasteiger charge is 2.20. The van der Waals surface area contributed by atoms with E-state index in [1.807, 2.05) is 42.5 Å². The van der Waals surface area contributed by atoms with Crippen LogP contribution in [0.15, 0.2) is 56.6 Å². The number of carbonyl (C=O) groups excluding carboxylic acids is 1. The van der Waals surface area contributed by atoms with Gasteiger partial charge in [0.25, 0.3) is 5.22 Å².